The van der Waals surface area contributed by atoms with Gasteiger partial charge in [-0.2, -0.15) is 0 Å². The fourth-order valence-electron chi connectivity index (χ4n) is 4.88. The minimum Gasteiger partial charge on any atom is -0.247 e. The molecule has 0 spiro atoms. The highest BCUT2D eigenvalue weighted by Gasteiger charge is 2.30. The van der Waals surface area contributed by atoms with Gasteiger partial charge in [0.2, 0.25) is 0 Å². The van der Waals surface area contributed by atoms with Crippen LogP contribution in [-0.2, 0) is 0 Å². The first-order valence-electron chi connectivity index (χ1n) is 10.0. The molecule has 0 unspecified atom stereocenters. The third kappa shape index (κ3) is 6.05. The van der Waals surface area contributed by atoms with Crippen LogP contribution in [0.2, 0.25) is 0 Å². The van der Waals surface area contributed by atoms with Crippen molar-refractivity contribution in [1.29, 1.82) is 0 Å². The minimum absolute atomic E-state index is 0.295. The van der Waals surface area contributed by atoms with Crippen molar-refractivity contribution in [3.63, 3.8) is 0 Å². The van der Waals surface area contributed by atoms with Crippen molar-refractivity contribution in [2.75, 3.05) is 6.67 Å². The molecule has 0 aromatic rings. The van der Waals surface area contributed by atoms with Crippen LogP contribution in [0.1, 0.15) is 90.4 Å². The van der Waals surface area contributed by atoms with Gasteiger partial charge in [-0.15, -0.1) is 0 Å². The summed E-state index contributed by atoms with van der Waals surface area (Å²) in [6, 6.07) is 0. The van der Waals surface area contributed by atoms with E-state index in [1.54, 1.807) is 6.08 Å². The summed E-state index contributed by atoms with van der Waals surface area (Å²) in [5, 5.41) is 0. The number of allylic oxidation sites excluding steroid dienone is 2. The van der Waals surface area contributed by atoms with E-state index >= 15 is 0 Å². The topological polar surface area (TPSA) is 0 Å². The second-order valence-corrected chi connectivity index (χ2v) is 7.92. The molecule has 0 atom stereocenters. The van der Waals surface area contributed by atoms with Crippen LogP contribution < -0.4 is 0 Å². The van der Waals surface area contributed by atoms with Gasteiger partial charge < -0.3 is 0 Å². The SMILES string of the molecule is CCCCCC1CCC(C2CCC(C/C=C/CF)CC2)CC1. The molecular weight excluding hydrogens is 271 g/mol. The number of hydrogen-bond donors (Lipinski definition) is 0. The molecule has 0 N–H and O–H groups in total. The summed E-state index contributed by atoms with van der Waals surface area (Å²) in [5.74, 6) is 3.93. The fourth-order valence-corrected chi connectivity index (χ4v) is 4.88. The lowest BCUT2D eigenvalue weighted by Gasteiger charge is -2.37. The van der Waals surface area contributed by atoms with Crippen molar-refractivity contribution >= 4 is 0 Å². The van der Waals surface area contributed by atoms with Crippen molar-refractivity contribution in [2.24, 2.45) is 23.7 Å². The Labute approximate surface area is 138 Å². The molecule has 1 heteroatoms. The molecule has 0 nitrogen and oxygen atoms in total. The Morgan fingerprint density at radius 2 is 1.36 bits per heavy atom. The maximum atomic E-state index is 12.1. The second kappa shape index (κ2) is 10.4. The van der Waals surface area contributed by atoms with Crippen molar-refractivity contribution in [1.82, 2.24) is 0 Å². The van der Waals surface area contributed by atoms with Crippen molar-refractivity contribution in [3.05, 3.63) is 12.2 Å². The number of hydrogen-bond acceptors (Lipinski definition) is 0. The highest BCUT2D eigenvalue weighted by molar-refractivity contribution is 4.87. The quantitative estimate of drug-likeness (QED) is 0.331. The first-order valence-corrected chi connectivity index (χ1v) is 10.0. The van der Waals surface area contributed by atoms with E-state index in [9.17, 15) is 4.39 Å². The van der Waals surface area contributed by atoms with Gasteiger partial charge in [0.1, 0.15) is 6.67 Å². The van der Waals surface area contributed by atoms with Crippen molar-refractivity contribution in [2.45, 2.75) is 90.4 Å². The first-order chi connectivity index (χ1) is 10.8. The van der Waals surface area contributed by atoms with Crippen molar-refractivity contribution in [3.8, 4) is 0 Å². The number of halogens is 1. The summed E-state index contributed by atoms with van der Waals surface area (Å²) >= 11 is 0. The largest absolute Gasteiger partial charge is 0.247 e. The van der Waals surface area contributed by atoms with Crippen LogP contribution >= 0.6 is 0 Å². The van der Waals surface area contributed by atoms with E-state index < -0.39 is 0 Å². The van der Waals surface area contributed by atoms with Gasteiger partial charge in [-0.1, -0.05) is 57.6 Å². The Morgan fingerprint density at radius 3 is 1.91 bits per heavy atom. The van der Waals surface area contributed by atoms with Gasteiger partial charge >= 0.3 is 0 Å². The van der Waals surface area contributed by atoms with Gasteiger partial charge in [0, 0.05) is 0 Å². The van der Waals surface area contributed by atoms with Crippen LogP contribution in [0.25, 0.3) is 0 Å². The van der Waals surface area contributed by atoms with Gasteiger partial charge in [0.25, 0.3) is 0 Å². The zero-order valence-corrected chi connectivity index (χ0v) is 14.7. The lowest BCUT2D eigenvalue weighted by atomic mass is 9.68. The second-order valence-electron chi connectivity index (χ2n) is 7.92. The Hall–Kier alpha value is -0.330. The monoisotopic (exact) mass is 308 g/mol. The maximum Gasteiger partial charge on any atom is 0.108 e. The number of alkyl halides is 1. The van der Waals surface area contributed by atoms with E-state index in [2.05, 4.69) is 13.0 Å². The van der Waals surface area contributed by atoms with E-state index in [0.717, 1.165) is 30.1 Å². The Kier molecular flexibility index (Phi) is 8.55. The molecule has 0 saturated heterocycles. The van der Waals surface area contributed by atoms with E-state index in [-0.39, 0.29) is 6.67 Å². The van der Waals surface area contributed by atoms with E-state index in [0.29, 0.717) is 0 Å². The molecular formula is C21H37F. The van der Waals surface area contributed by atoms with Crippen LogP contribution in [0, 0.1) is 23.7 Å². The van der Waals surface area contributed by atoms with E-state index in [1.807, 2.05) is 0 Å². The summed E-state index contributed by atoms with van der Waals surface area (Å²) < 4.78 is 12.1. The van der Waals surface area contributed by atoms with E-state index in [1.165, 1.54) is 77.0 Å². The summed E-state index contributed by atoms with van der Waals surface area (Å²) in [7, 11) is 0. The molecule has 22 heavy (non-hydrogen) atoms. The third-order valence-corrected chi connectivity index (χ3v) is 6.39. The van der Waals surface area contributed by atoms with Crippen LogP contribution in [0.3, 0.4) is 0 Å². The summed E-state index contributed by atoms with van der Waals surface area (Å²) in [6.45, 7) is 2.01. The molecule has 0 aromatic carbocycles. The molecule has 2 saturated carbocycles. The predicted octanol–water partition coefficient (Wildman–Crippen LogP) is 7.10. The highest BCUT2D eigenvalue weighted by Crippen LogP contribution is 2.42. The Bertz CT molecular complexity index is 293. The maximum absolute atomic E-state index is 12.1. The zero-order valence-electron chi connectivity index (χ0n) is 14.7. The standard InChI is InChI=1S/C21H37F/c1-2-3-4-7-18-9-13-20(14-10-18)21-15-11-19(12-16-21)8-5-6-17-22/h5-6,18-21H,2-4,7-17H2,1H3/b6-5+. The lowest BCUT2D eigenvalue weighted by Crippen LogP contribution is -2.25. The van der Waals surface area contributed by atoms with Crippen molar-refractivity contribution < 1.29 is 4.39 Å². The van der Waals surface area contributed by atoms with Gasteiger partial charge in [-0.25, -0.2) is 4.39 Å². The van der Waals surface area contributed by atoms with Gasteiger partial charge in [0.15, 0.2) is 0 Å². The summed E-state index contributed by atoms with van der Waals surface area (Å²) in [6.07, 6.45) is 22.3. The van der Waals surface area contributed by atoms with Crippen LogP contribution in [-0.4, -0.2) is 6.67 Å². The molecule has 128 valence electrons. The Morgan fingerprint density at radius 1 is 0.773 bits per heavy atom. The molecule has 2 aliphatic carbocycles. The molecule has 0 bridgehead atoms. The molecule has 2 rings (SSSR count). The molecule has 0 aliphatic heterocycles. The molecule has 0 radical (unpaired) electrons. The predicted molar refractivity (Wildman–Crippen MR) is 94.8 cm³/mol. The smallest absolute Gasteiger partial charge is 0.108 e. The van der Waals surface area contributed by atoms with Crippen LogP contribution in [0.5, 0.6) is 0 Å². The average Bonchev–Trinajstić information content (AvgIpc) is 2.57. The fraction of sp³-hybridized carbons (Fsp3) is 0.905. The molecule has 0 aromatic heterocycles. The minimum atomic E-state index is -0.295. The zero-order chi connectivity index (χ0) is 15.6. The average molecular weight is 309 g/mol. The summed E-state index contributed by atoms with van der Waals surface area (Å²) in [4.78, 5) is 0. The normalized spacial score (nSPS) is 33.4. The highest BCUT2D eigenvalue weighted by atomic mass is 19.1. The molecule has 2 aliphatic rings. The van der Waals surface area contributed by atoms with Gasteiger partial charge in [-0.3, -0.25) is 0 Å². The Balaban J connectivity index is 1.61. The van der Waals surface area contributed by atoms with Crippen LogP contribution in [0.15, 0.2) is 12.2 Å². The van der Waals surface area contributed by atoms with Gasteiger partial charge in [0.05, 0.1) is 0 Å². The number of rotatable bonds is 8. The molecule has 0 amide bonds. The number of unbranched alkanes of at least 4 members (excludes halogenated alkanes) is 2. The van der Waals surface area contributed by atoms with Crippen LogP contribution in [0.4, 0.5) is 4.39 Å². The summed E-state index contributed by atoms with van der Waals surface area (Å²) in [5.41, 5.74) is 0. The van der Waals surface area contributed by atoms with Gasteiger partial charge in [-0.05, 0) is 68.6 Å². The third-order valence-electron chi connectivity index (χ3n) is 6.39. The van der Waals surface area contributed by atoms with E-state index in [4.69, 9.17) is 0 Å². The molecule has 2 fully saturated rings. The first kappa shape index (κ1) is 18.0. The molecule has 0 heterocycles. The lowest BCUT2D eigenvalue weighted by molar-refractivity contribution is 0.143.